The second-order valence-electron chi connectivity index (χ2n) is 7.05. The molecule has 1 atom stereocenters. The first-order valence-electron chi connectivity index (χ1n) is 9.76. The van der Waals surface area contributed by atoms with E-state index in [-0.39, 0.29) is 4.90 Å². The number of hydrogen-bond donors (Lipinski definition) is 2. The predicted molar refractivity (Wildman–Crippen MR) is 121 cm³/mol. The standard InChI is InChI=1S/C21H27N3O3S2/c1-3-16(2)17-4-6-18(7-5-17)22-21(28)23-19-8-10-20(11-9-19)29(25,26)24-12-14-27-15-13-24/h4-11,16H,3,12-15H2,1-2H3,(H2,22,23,28). The summed E-state index contributed by atoms with van der Waals surface area (Å²) >= 11 is 5.37. The van der Waals surface area contributed by atoms with Crippen molar-refractivity contribution in [3.05, 3.63) is 54.1 Å². The molecule has 1 heterocycles. The van der Waals surface area contributed by atoms with Crippen LogP contribution in [0.5, 0.6) is 0 Å². The van der Waals surface area contributed by atoms with E-state index in [2.05, 4.69) is 36.6 Å². The van der Waals surface area contributed by atoms with Crippen molar-refractivity contribution in [1.29, 1.82) is 0 Å². The highest BCUT2D eigenvalue weighted by molar-refractivity contribution is 7.89. The molecule has 1 aliphatic heterocycles. The van der Waals surface area contributed by atoms with Gasteiger partial charge in [-0.25, -0.2) is 8.42 Å². The minimum absolute atomic E-state index is 0.268. The fraction of sp³-hybridized carbons (Fsp3) is 0.381. The van der Waals surface area contributed by atoms with Gasteiger partial charge in [-0.15, -0.1) is 0 Å². The van der Waals surface area contributed by atoms with Gasteiger partial charge in [-0.1, -0.05) is 26.0 Å². The third-order valence-electron chi connectivity index (χ3n) is 5.07. The second-order valence-corrected chi connectivity index (χ2v) is 9.40. The number of thiocarbonyl (C=S) groups is 1. The van der Waals surface area contributed by atoms with Gasteiger partial charge in [-0.3, -0.25) is 0 Å². The zero-order valence-electron chi connectivity index (χ0n) is 16.7. The summed E-state index contributed by atoms with van der Waals surface area (Å²) in [5.74, 6) is 0.529. The Balaban J connectivity index is 1.60. The van der Waals surface area contributed by atoms with Crippen LogP contribution in [0.15, 0.2) is 53.4 Å². The number of nitrogens with zero attached hydrogens (tertiary/aromatic N) is 1. The fourth-order valence-corrected chi connectivity index (χ4v) is 4.71. The maximum absolute atomic E-state index is 12.7. The van der Waals surface area contributed by atoms with Crippen molar-refractivity contribution >= 4 is 38.7 Å². The zero-order chi connectivity index (χ0) is 20.9. The van der Waals surface area contributed by atoms with Crippen molar-refractivity contribution in [2.75, 3.05) is 36.9 Å². The lowest BCUT2D eigenvalue weighted by molar-refractivity contribution is 0.0730. The third-order valence-corrected chi connectivity index (χ3v) is 7.19. The first-order chi connectivity index (χ1) is 13.9. The average Bonchev–Trinajstić information content (AvgIpc) is 2.74. The molecule has 0 bridgehead atoms. The quantitative estimate of drug-likeness (QED) is 0.671. The molecule has 2 aromatic carbocycles. The maximum Gasteiger partial charge on any atom is 0.243 e. The molecular formula is C21H27N3O3S2. The van der Waals surface area contributed by atoms with Crippen molar-refractivity contribution in [2.24, 2.45) is 0 Å². The molecule has 0 saturated carbocycles. The van der Waals surface area contributed by atoms with Crippen LogP contribution in [-0.4, -0.2) is 44.1 Å². The molecule has 1 fully saturated rings. The summed E-state index contributed by atoms with van der Waals surface area (Å²) in [6.07, 6.45) is 1.10. The Bertz CT molecular complexity index is 923. The fourth-order valence-electron chi connectivity index (χ4n) is 3.07. The highest BCUT2D eigenvalue weighted by Gasteiger charge is 2.26. The normalized spacial score (nSPS) is 16.2. The minimum Gasteiger partial charge on any atom is -0.379 e. The Labute approximate surface area is 178 Å². The summed E-state index contributed by atoms with van der Waals surface area (Å²) < 4.78 is 32.0. The van der Waals surface area contributed by atoms with E-state index >= 15 is 0 Å². The van der Waals surface area contributed by atoms with Crippen LogP contribution in [0.25, 0.3) is 0 Å². The van der Waals surface area contributed by atoms with E-state index < -0.39 is 10.0 Å². The molecular weight excluding hydrogens is 406 g/mol. The van der Waals surface area contributed by atoms with Gasteiger partial charge in [0.15, 0.2) is 5.11 Å². The predicted octanol–water partition coefficient (Wildman–Crippen LogP) is 4.03. The van der Waals surface area contributed by atoms with Crippen LogP contribution in [0.1, 0.15) is 31.7 Å². The van der Waals surface area contributed by atoms with Crippen molar-refractivity contribution in [3.63, 3.8) is 0 Å². The van der Waals surface area contributed by atoms with E-state index in [0.29, 0.717) is 37.3 Å². The number of ether oxygens (including phenoxy) is 1. The lowest BCUT2D eigenvalue weighted by atomic mass is 9.99. The number of anilines is 2. The van der Waals surface area contributed by atoms with E-state index in [1.807, 2.05) is 12.1 Å². The second kappa shape index (κ2) is 9.67. The molecule has 1 aliphatic rings. The van der Waals surface area contributed by atoms with Crippen molar-refractivity contribution in [2.45, 2.75) is 31.1 Å². The van der Waals surface area contributed by atoms with Crippen molar-refractivity contribution < 1.29 is 13.2 Å². The monoisotopic (exact) mass is 433 g/mol. The van der Waals surface area contributed by atoms with Crippen LogP contribution in [0.4, 0.5) is 11.4 Å². The molecule has 0 aromatic heterocycles. The third kappa shape index (κ3) is 5.54. The molecule has 2 aromatic rings. The molecule has 8 heteroatoms. The molecule has 3 rings (SSSR count). The van der Waals surface area contributed by atoms with Gasteiger partial charge in [-0.2, -0.15) is 4.31 Å². The van der Waals surface area contributed by atoms with Crippen LogP contribution >= 0.6 is 12.2 Å². The number of nitrogens with one attached hydrogen (secondary N) is 2. The number of morpholine rings is 1. The number of benzene rings is 2. The number of hydrogen-bond acceptors (Lipinski definition) is 4. The van der Waals surface area contributed by atoms with Crippen LogP contribution in [-0.2, 0) is 14.8 Å². The Morgan fingerprint density at radius 1 is 1.03 bits per heavy atom. The Kier molecular flexibility index (Phi) is 7.23. The van der Waals surface area contributed by atoms with Crippen LogP contribution in [0.2, 0.25) is 0 Å². The van der Waals surface area contributed by atoms with Crippen molar-refractivity contribution in [1.82, 2.24) is 4.31 Å². The summed E-state index contributed by atoms with van der Waals surface area (Å²) in [5, 5.41) is 6.69. The van der Waals surface area contributed by atoms with Gasteiger partial charge in [0.05, 0.1) is 18.1 Å². The maximum atomic E-state index is 12.7. The van der Waals surface area contributed by atoms with Gasteiger partial charge in [0.1, 0.15) is 0 Å². The van der Waals surface area contributed by atoms with Gasteiger partial charge < -0.3 is 15.4 Å². The summed E-state index contributed by atoms with van der Waals surface area (Å²) in [7, 11) is -3.49. The van der Waals surface area contributed by atoms with Gasteiger partial charge in [-0.05, 0) is 66.5 Å². The first kappa shape index (κ1) is 21.7. The molecule has 29 heavy (non-hydrogen) atoms. The van der Waals surface area contributed by atoms with Crippen LogP contribution in [0, 0.1) is 0 Å². The largest absolute Gasteiger partial charge is 0.379 e. The van der Waals surface area contributed by atoms with Gasteiger partial charge >= 0.3 is 0 Å². The zero-order valence-corrected chi connectivity index (χ0v) is 18.4. The average molecular weight is 434 g/mol. The Morgan fingerprint density at radius 3 is 2.07 bits per heavy atom. The molecule has 0 amide bonds. The molecule has 156 valence electrons. The molecule has 2 N–H and O–H groups in total. The SMILES string of the molecule is CCC(C)c1ccc(NC(=S)Nc2ccc(S(=O)(=O)N3CCOCC3)cc2)cc1. The smallest absolute Gasteiger partial charge is 0.243 e. The van der Waals surface area contributed by atoms with Crippen LogP contribution < -0.4 is 10.6 Å². The number of sulfonamides is 1. The molecule has 1 saturated heterocycles. The molecule has 0 spiro atoms. The Morgan fingerprint density at radius 2 is 1.55 bits per heavy atom. The number of rotatable bonds is 6. The summed E-state index contributed by atoms with van der Waals surface area (Å²) in [6, 6.07) is 14.8. The van der Waals surface area contributed by atoms with Crippen molar-refractivity contribution in [3.8, 4) is 0 Å². The lowest BCUT2D eigenvalue weighted by Gasteiger charge is -2.26. The summed E-state index contributed by atoms with van der Waals surface area (Å²) in [5.41, 5.74) is 2.93. The van der Waals surface area contributed by atoms with E-state index in [1.54, 1.807) is 24.3 Å². The molecule has 1 unspecified atom stereocenters. The van der Waals surface area contributed by atoms with E-state index in [1.165, 1.54) is 9.87 Å². The molecule has 0 radical (unpaired) electrons. The summed E-state index contributed by atoms with van der Waals surface area (Å²) in [4.78, 5) is 0.268. The van der Waals surface area contributed by atoms with Crippen LogP contribution in [0.3, 0.4) is 0 Å². The highest BCUT2D eigenvalue weighted by Crippen LogP contribution is 2.22. The van der Waals surface area contributed by atoms with E-state index in [4.69, 9.17) is 17.0 Å². The molecule has 0 aliphatic carbocycles. The highest BCUT2D eigenvalue weighted by atomic mass is 32.2. The summed E-state index contributed by atoms with van der Waals surface area (Å²) in [6.45, 7) is 6.00. The van der Waals surface area contributed by atoms with Gasteiger partial charge in [0, 0.05) is 24.5 Å². The Hall–Kier alpha value is -2.00. The van der Waals surface area contributed by atoms with Gasteiger partial charge in [0.25, 0.3) is 0 Å². The van der Waals surface area contributed by atoms with Gasteiger partial charge in [0.2, 0.25) is 10.0 Å². The minimum atomic E-state index is -3.49. The molecule has 6 nitrogen and oxygen atoms in total. The van der Waals surface area contributed by atoms with E-state index in [9.17, 15) is 8.42 Å². The van der Waals surface area contributed by atoms with E-state index in [0.717, 1.165) is 17.8 Å². The lowest BCUT2D eigenvalue weighted by Crippen LogP contribution is -2.40. The first-order valence-corrected chi connectivity index (χ1v) is 11.6. The topological polar surface area (TPSA) is 70.7 Å².